The smallest absolute Gasteiger partial charge is 0.322 e. The number of esters is 1. The number of aliphatic carboxylic acids is 1. The molecule has 1 atom stereocenters. The molecule has 0 radical (unpaired) electrons. The predicted octanol–water partition coefficient (Wildman–Crippen LogP) is 13.7. The van der Waals surface area contributed by atoms with Gasteiger partial charge in [-0.2, -0.15) is 0 Å². The topological polar surface area (TPSA) is 92.7 Å². The van der Waals surface area contributed by atoms with Crippen LogP contribution >= 0.6 is 0 Å². The van der Waals surface area contributed by atoms with Crippen molar-refractivity contribution in [1.29, 1.82) is 0 Å². The fraction of sp³-hybridized carbons (Fsp3) is 0.612. The van der Waals surface area contributed by atoms with Gasteiger partial charge in [0, 0.05) is 12.8 Å². The third-order valence-corrected chi connectivity index (χ3v) is 8.97. The van der Waals surface area contributed by atoms with Gasteiger partial charge in [-0.15, -0.1) is 0 Å². The van der Waals surface area contributed by atoms with E-state index in [9.17, 15) is 14.4 Å². The van der Waals surface area contributed by atoms with E-state index >= 15 is 0 Å². The Hall–Kier alpha value is -3.67. The molecule has 310 valence electrons. The van der Waals surface area contributed by atoms with Crippen LogP contribution in [0.1, 0.15) is 181 Å². The second-order valence-corrected chi connectivity index (χ2v) is 14.2. The Labute approximate surface area is 337 Å². The van der Waals surface area contributed by atoms with Crippen LogP contribution in [-0.4, -0.2) is 35.6 Å². The zero-order valence-electron chi connectivity index (χ0n) is 35.0. The molecule has 0 aliphatic rings. The lowest BCUT2D eigenvalue weighted by molar-refractivity contribution is -0.147. The van der Waals surface area contributed by atoms with Gasteiger partial charge in [0.25, 0.3) is 0 Å². The maximum atomic E-state index is 12.7. The van der Waals surface area contributed by atoms with Crippen LogP contribution in [0.5, 0.6) is 0 Å². The molecule has 0 aromatic rings. The maximum Gasteiger partial charge on any atom is 0.322 e. The van der Waals surface area contributed by atoms with E-state index in [2.05, 4.69) is 116 Å². The van der Waals surface area contributed by atoms with Gasteiger partial charge < -0.3 is 15.2 Å². The van der Waals surface area contributed by atoms with Crippen molar-refractivity contribution in [3.63, 3.8) is 0 Å². The van der Waals surface area contributed by atoms with E-state index in [4.69, 9.17) is 9.84 Å². The summed E-state index contributed by atoms with van der Waals surface area (Å²) in [6.07, 6.45) is 61.2. The van der Waals surface area contributed by atoms with Gasteiger partial charge in [-0.05, 0) is 102 Å². The SMILES string of the molecule is CC/C=C\C/C=C\C/C=C\C/C=C\C/C=C\C/C=C\CCCCCCC(=O)OC(/C=C\C/C=C\CCCCCC)CCCCCCCCC(=O)NCC(=O)O. The first kappa shape index (κ1) is 51.3. The number of allylic oxidation sites excluding steroid dienone is 15. The number of amides is 1. The fourth-order valence-electron chi connectivity index (χ4n) is 5.76. The molecule has 0 saturated carbocycles. The first-order valence-electron chi connectivity index (χ1n) is 21.9. The molecule has 0 bridgehead atoms. The summed E-state index contributed by atoms with van der Waals surface area (Å²) in [5.41, 5.74) is 0. The van der Waals surface area contributed by atoms with E-state index in [-0.39, 0.29) is 24.5 Å². The molecule has 1 unspecified atom stereocenters. The fourth-order valence-corrected chi connectivity index (χ4v) is 5.76. The molecule has 0 aromatic carbocycles. The first-order chi connectivity index (χ1) is 27.0. The summed E-state index contributed by atoms with van der Waals surface area (Å²) >= 11 is 0. The van der Waals surface area contributed by atoms with Crippen molar-refractivity contribution in [2.45, 2.75) is 187 Å². The quantitative estimate of drug-likeness (QED) is 0.0371. The summed E-state index contributed by atoms with van der Waals surface area (Å²) in [5, 5.41) is 11.1. The summed E-state index contributed by atoms with van der Waals surface area (Å²) in [6, 6.07) is 0. The largest absolute Gasteiger partial charge is 0.480 e. The van der Waals surface area contributed by atoms with E-state index in [1.54, 1.807) is 0 Å². The van der Waals surface area contributed by atoms with Gasteiger partial charge in [0.1, 0.15) is 12.6 Å². The lowest BCUT2D eigenvalue weighted by Crippen LogP contribution is -2.28. The molecule has 0 aliphatic carbocycles. The Morgan fingerprint density at radius 1 is 0.509 bits per heavy atom. The average molecular weight is 762 g/mol. The highest BCUT2D eigenvalue weighted by atomic mass is 16.5. The Bertz CT molecular complexity index is 1160. The van der Waals surface area contributed by atoms with Crippen LogP contribution in [0.25, 0.3) is 0 Å². The number of hydrogen-bond acceptors (Lipinski definition) is 4. The van der Waals surface area contributed by atoms with Gasteiger partial charge in [-0.3, -0.25) is 14.4 Å². The second kappa shape index (κ2) is 43.1. The second-order valence-electron chi connectivity index (χ2n) is 14.2. The van der Waals surface area contributed by atoms with Crippen LogP contribution in [0.3, 0.4) is 0 Å². The molecule has 6 nitrogen and oxygen atoms in total. The molecule has 0 fully saturated rings. The van der Waals surface area contributed by atoms with Gasteiger partial charge in [-0.25, -0.2) is 0 Å². The third-order valence-electron chi connectivity index (χ3n) is 8.97. The van der Waals surface area contributed by atoms with Gasteiger partial charge in [0.2, 0.25) is 5.91 Å². The lowest BCUT2D eigenvalue weighted by Gasteiger charge is -2.14. The standard InChI is InChI=1S/C49H79NO5/c1-3-5-7-9-11-13-14-15-16-17-18-19-20-21-22-23-24-25-26-28-30-36-40-44-49(54)55-46(41-37-33-29-27-12-10-8-6-4-2)42-38-34-31-32-35-39-43-47(51)50-45-48(52)53/h5,7,11,13,15-16,18-19,21-22,24-25,27,29,37,41,46H,3-4,6,8-10,12,14,17,20,23,26,28,30-36,38-40,42-45H2,1-2H3,(H,50,51)(H,52,53)/b7-5-,13-11-,16-15-,19-18-,22-21-,25-24-,29-27-,41-37-. The summed E-state index contributed by atoms with van der Waals surface area (Å²) in [7, 11) is 0. The molecule has 0 aliphatic heterocycles. The number of carbonyl (C=O) groups excluding carboxylic acids is 2. The monoisotopic (exact) mass is 762 g/mol. The minimum atomic E-state index is -1.02. The molecule has 2 N–H and O–H groups in total. The molecular formula is C49H79NO5. The number of rotatable bonds is 38. The molecule has 0 spiro atoms. The molecular weight excluding hydrogens is 683 g/mol. The Morgan fingerprint density at radius 2 is 0.945 bits per heavy atom. The molecule has 0 saturated heterocycles. The molecule has 0 rings (SSSR count). The van der Waals surface area contributed by atoms with Crippen molar-refractivity contribution in [3.05, 3.63) is 97.2 Å². The van der Waals surface area contributed by atoms with Crippen molar-refractivity contribution in [2.24, 2.45) is 0 Å². The van der Waals surface area contributed by atoms with E-state index < -0.39 is 5.97 Å². The van der Waals surface area contributed by atoms with E-state index in [1.165, 1.54) is 25.7 Å². The first-order valence-corrected chi connectivity index (χ1v) is 21.9. The maximum absolute atomic E-state index is 12.7. The Morgan fingerprint density at radius 3 is 1.47 bits per heavy atom. The van der Waals surface area contributed by atoms with Crippen LogP contribution in [0.2, 0.25) is 0 Å². The number of carboxylic acid groups (broad SMARTS) is 1. The van der Waals surface area contributed by atoms with Crippen LogP contribution in [0.4, 0.5) is 0 Å². The van der Waals surface area contributed by atoms with Crippen LogP contribution in [0, 0.1) is 0 Å². The molecule has 6 heteroatoms. The Balaban J connectivity index is 4.21. The zero-order chi connectivity index (χ0) is 40.1. The van der Waals surface area contributed by atoms with Crippen LogP contribution in [0.15, 0.2) is 97.2 Å². The van der Waals surface area contributed by atoms with Crippen molar-refractivity contribution in [1.82, 2.24) is 5.32 Å². The number of unbranched alkanes of at least 4 members (excludes halogenated alkanes) is 13. The number of carbonyl (C=O) groups is 3. The van der Waals surface area contributed by atoms with Crippen molar-refractivity contribution in [2.75, 3.05) is 6.54 Å². The zero-order valence-corrected chi connectivity index (χ0v) is 35.0. The molecule has 55 heavy (non-hydrogen) atoms. The van der Waals surface area contributed by atoms with Crippen molar-refractivity contribution < 1.29 is 24.2 Å². The predicted molar refractivity (Wildman–Crippen MR) is 235 cm³/mol. The lowest BCUT2D eigenvalue weighted by atomic mass is 10.1. The summed E-state index contributed by atoms with van der Waals surface area (Å²) in [4.78, 5) is 34.9. The van der Waals surface area contributed by atoms with Gasteiger partial charge in [0.05, 0.1) is 0 Å². The number of carboxylic acids is 1. The number of nitrogens with one attached hydrogen (secondary N) is 1. The summed E-state index contributed by atoms with van der Waals surface area (Å²) in [6.45, 7) is 4.07. The van der Waals surface area contributed by atoms with E-state index in [0.29, 0.717) is 12.8 Å². The number of ether oxygens (including phenoxy) is 1. The third kappa shape index (κ3) is 42.9. The highest BCUT2D eigenvalue weighted by molar-refractivity contribution is 5.80. The van der Waals surface area contributed by atoms with Crippen LogP contribution < -0.4 is 5.32 Å². The van der Waals surface area contributed by atoms with Gasteiger partial charge in [-0.1, -0.05) is 163 Å². The molecule has 1 amide bonds. The highest BCUT2D eigenvalue weighted by Crippen LogP contribution is 2.15. The normalized spacial score (nSPS) is 13.1. The summed E-state index contributed by atoms with van der Waals surface area (Å²) < 4.78 is 5.92. The highest BCUT2D eigenvalue weighted by Gasteiger charge is 2.11. The number of hydrogen-bond donors (Lipinski definition) is 2. The van der Waals surface area contributed by atoms with E-state index in [0.717, 1.165) is 128 Å². The van der Waals surface area contributed by atoms with Crippen LogP contribution in [-0.2, 0) is 19.1 Å². The molecule has 0 heterocycles. The van der Waals surface area contributed by atoms with Gasteiger partial charge in [0.15, 0.2) is 0 Å². The molecule has 0 aromatic heterocycles. The van der Waals surface area contributed by atoms with Crippen molar-refractivity contribution in [3.8, 4) is 0 Å². The van der Waals surface area contributed by atoms with Gasteiger partial charge >= 0.3 is 11.9 Å². The minimum Gasteiger partial charge on any atom is -0.480 e. The van der Waals surface area contributed by atoms with E-state index in [1.807, 2.05) is 0 Å². The summed E-state index contributed by atoms with van der Waals surface area (Å²) in [5.74, 6) is -1.32. The average Bonchev–Trinajstić information content (AvgIpc) is 3.17. The Kier molecular flexibility index (Phi) is 40.2. The van der Waals surface area contributed by atoms with Crippen molar-refractivity contribution >= 4 is 17.8 Å². The minimum absolute atomic E-state index is 0.0979.